The van der Waals surface area contributed by atoms with E-state index in [1.807, 2.05) is 6.92 Å². The Morgan fingerprint density at radius 3 is 2.92 bits per heavy atom. The van der Waals surface area contributed by atoms with Crippen molar-refractivity contribution >= 4 is 5.91 Å². The molecule has 13 heavy (non-hydrogen) atoms. The Balaban J connectivity index is 2.59. The van der Waals surface area contributed by atoms with Gasteiger partial charge >= 0.3 is 0 Å². The van der Waals surface area contributed by atoms with Crippen LogP contribution in [0.2, 0.25) is 0 Å². The Kier molecular flexibility index (Phi) is 2.84. The zero-order valence-corrected chi connectivity index (χ0v) is 7.87. The fourth-order valence-electron chi connectivity index (χ4n) is 0.918. The first-order chi connectivity index (χ1) is 6.11. The Bertz CT molecular complexity index is 327. The molecule has 0 aliphatic rings. The molecular weight excluding hydrogens is 166 g/mol. The maximum Gasteiger partial charge on any atom is 0.269 e. The van der Waals surface area contributed by atoms with E-state index in [0.717, 1.165) is 5.57 Å². The minimum atomic E-state index is -0.122. The Morgan fingerprint density at radius 1 is 1.77 bits per heavy atom. The average Bonchev–Trinajstić information content (AvgIpc) is 2.47. The Morgan fingerprint density at radius 2 is 2.46 bits per heavy atom. The Hall–Kier alpha value is -1.58. The molecule has 0 unspecified atom stereocenters. The van der Waals surface area contributed by atoms with Crippen LogP contribution in [0, 0.1) is 0 Å². The lowest BCUT2D eigenvalue weighted by Gasteiger charge is -2.03. The Labute approximate surface area is 77.3 Å². The van der Waals surface area contributed by atoms with Gasteiger partial charge in [0.05, 0.1) is 0 Å². The topological polar surface area (TPSA) is 46.9 Å². The lowest BCUT2D eigenvalue weighted by molar-refractivity contribution is 0.0947. The zero-order chi connectivity index (χ0) is 9.84. The first-order valence-corrected chi connectivity index (χ1v) is 4.02. The molecule has 0 fully saturated rings. The van der Waals surface area contributed by atoms with Gasteiger partial charge in [0.25, 0.3) is 5.91 Å². The second-order valence-electron chi connectivity index (χ2n) is 2.98. The number of aryl methyl sites for hydroxylation is 1. The smallest absolute Gasteiger partial charge is 0.269 e. The number of hydrogen-bond donors (Lipinski definition) is 1. The number of nitrogens with zero attached hydrogens (tertiary/aromatic N) is 2. The first kappa shape index (κ1) is 9.51. The van der Waals surface area contributed by atoms with Crippen molar-refractivity contribution in [2.24, 2.45) is 7.05 Å². The molecule has 0 radical (unpaired) electrons. The normalized spacial score (nSPS) is 9.69. The minimum absolute atomic E-state index is 0.122. The SMILES string of the molecule is C=C(C)CNC(=O)c1ccnn1C. The molecule has 0 bridgehead atoms. The van der Waals surface area contributed by atoms with Gasteiger partial charge in [0.15, 0.2) is 0 Å². The third kappa shape index (κ3) is 2.43. The van der Waals surface area contributed by atoms with Gasteiger partial charge in [-0.25, -0.2) is 0 Å². The van der Waals surface area contributed by atoms with Gasteiger partial charge in [-0.1, -0.05) is 12.2 Å². The molecule has 70 valence electrons. The van der Waals surface area contributed by atoms with Crippen molar-refractivity contribution in [3.8, 4) is 0 Å². The third-order valence-electron chi connectivity index (χ3n) is 1.60. The van der Waals surface area contributed by atoms with E-state index < -0.39 is 0 Å². The van der Waals surface area contributed by atoms with Crippen LogP contribution in [-0.4, -0.2) is 22.2 Å². The highest BCUT2D eigenvalue weighted by molar-refractivity contribution is 5.92. The third-order valence-corrected chi connectivity index (χ3v) is 1.60. The maximum atomic E-state index is 11.4. The molecule has 0 saturated carbocycles. The van der Waals surface area contributed by atoms with Crippen LogP contribution in [0.5, 0.6) is 0 Å². The summed E-state index contributed by atoms with van der Waals surface area (Å²) in [5.41, 5.74) is 1.48. The van der Waals surface area contributed by atoms with Crippen molar-refractivity contribution in [1.29, 1.82) is 0 Å². The van der Waals surface area contributed by atoms with Crippen molar-refractivity contribution < 1.29 is 4.79 Å². The van der Waals surface area contributed by atoms with Gasteiger partial charge in [-0.05, 0) is 13.0 Å². The summed E-state index contributed by atoms with van der Waals surface area (Å²) in [7, 11) is 1.73. The quantitative estimate of drug-likeness (QED) is 0.695. The number of nitrogens with one attached hydrogen (secondary N) is 1. The zero-order valence-electron chi connectivity index (χ0n) is 7.87. The molecule has 0 aliphatic carbocycles. The summed E-state index contributed by atoms with van der Waals surface area (Å²) >= 11 is 0. The van der Waals surface area contributed by atoms with Crippen LogP contribution in [0.1, 0.15) is 17.4 Å². The molecule has 4 nitrogen and oxygen atoms in total. The van der Waals surface area contributed by atoms with Gasteiger partial charge < -0.3 is 5.32 Å². The van der Waals surface area contributed by atoms with E-state index in [2.05, 4.69) is 17.0 Å². The van der Waals surface area contributed by atoms with Crippen LogP contribution in [0.25, 0.3) is 0 Å². The van der Waals surface area contributed by atoms with Gasteiger partial charge in [-0.3, -0.25) is 9.48 Å². The molecule has 0 spiro atoms. The molecule has 0 saturated heterocycles. The number of carbonyl (C=O) groups is 1. The predicted octanol–water partition coefficient (Wildman–Crippen LogP) is 0.726. The van der Waals surface area contributed by atoms with E-state index in [9.17, 15) is 4.79 Å². The monoisotopic (exact) mass is 179 g/mol. The highest BCUT2D eigenvalue weighted by Gasteiger charge is 2.07. The highest BCUT2D eigenvalue weighted by Crippen LogP contribution is 1.95. The average molecular weight is 179 g/mol. The van der Waals surface area contributed by atoms with E-state index in [0.29, 0.717) is 12.2 Å². The number of carbonyl (C=O) groups excluding carboxylic acids is 1. The molecule has 1 amide bonds. The predicted molar refractivity (Wildman–Crippen MR) is 50.4 cm³/mol. The molecule has 0 atom stereocenters. The number of hydrogen-bond acceptors (Lipinski definition) is 2. The van der Waals surface area contributed by atoms with Crippen LogP contribution in [-0.2, 0) is 7.05 Å². The van der Waals surface area contributed by atoms with Crippen molar-refractivity contribution in [2.75, 3.05) is 6.54 Å². The lowest BCUT2D eigenvalue weighted by atomic mass is 10.3. The molecule has 0 aromatic carbocycles. The van der Waals surface area contributed by atoms with Crippen LogP contribution < -0.4 is 5.32 Å². The summed E-state index contributed by atoms with van der Waals surface area (Å²) in [6.45, 7) is 6.06. The molecular formula is C9H13N3O. The van der Waals surface area contributed by atoms with Gasteiger partial charge in [0, 0.05) is 19.8 Å². The molecule has 1 aromatic heterocycles. The van der Waals surface area contributed by atoms with E-state index in [1.54, 1.807) is 19.3 Å². The summed E-state index contributed by atoms with van der Waals surface area (Å²) in [6, 6.07) is 1.67. The standard InChI is InChI=1S/C9H13N3O/c1-7(2)6-10-9(13)8-4-5-11-12(8)3/h4-5H,1,6H2,2-3H3,(H,10,13). The van der Waals surface area contributed by atoms with Crippen molar-refractivity contribution in [2.45, 2.75) is 6.92 Å². The van der Waals surface area contributed by atoms with Crippen molar-refractivity contribution in [3.63, 3.8) is 0 Å². The molecule has 1 aromatic rings. The summed E-state index contributed by atoms with van der Waals surface area (Å²) in [6.07, 6.45) is 1.59. The van der Waals surface area contributed by atoms with E-state index >= 15 is 0 Å². The lowest BCUT2D eigenvalue weighted by Crippen LogP contribution is -2.26. The molecule has 4 heteroatoms. The summed E-state index contributed by atoms with van der Waals surface area (Å²) in [5, 5.41) is 6.62. The molecule has 1 heterocycles. The first-order valence-electron chi connectivity index (χ1n) is 4.02. The van der Waals surface area contributed by atoms with Crippen LogP contribution in [0.4, 0.5) is 0 Å². The fourth-order valence-corrected chi connectivity index (χ4v) is 0.918. The van der Waals surface area contributed by atoms with E-state index in [4.69, 9.17) is 0 Å². The van der Waals surface area contributed by atoms with Crippen LogP contribution in [0.3, 0.4) is 0 Å². The van der Waals surface area contributed by atoms with Crippen LogP contribution >= 0.6 is 0 Å². The highest BCUT2D eigenvalue weighted by atomic mass is 16.2. The number of rotatable bonds is 3. The molecule has 1 N–H and O–H groups in total. The van der Waals surface area contributed by atoms with E-state index in [1.165, 1.54) is 4.68 Å². The summed E-state index contributed by atoms with van der Waals surface area (Å²) < 4.78 is 1.54. The number of aromatic nitrogens is 2. The summed E-state index contributed by atoms with van der Waals surface area (Å²) in [5.74, 6) is -0.122. The fraction of sp³-hybridized carbons (Fsp3) is 0.333. The van der Waals surface area contributed by atoms with E-state index in [-0.39, 0.29) is 5.91 Å². The minimum Gasteiger partial charge on any atom is -0.347 e. The maximum absolute atomic E-state index is 11.4. The van der Waals surface area contributed by atoms with Gasteiger partial charge in [0.1, 0.15) is 5.69 Å². The largest absolute Gasteiger partial charge is 0.347 e. The second kappa shape index (κ2) is 3.89. The summed E-state index contributed by atoms with van der Waals surface area (Å²) in [4.78, 5) is 11.4. The van der Waals surface area contributed by atoms with Crippen LogP contribution in [0.15, 0.2) is 24.4 Å². The second-order valence-corrected chi connectivity index (χ2v) is 2.98. The molecule has 0 aliphatic heterocycles. The molecule has 1 rings (SSSR count). The van der Waals surface area contributed by atoms with Gasteiger partial charge in [-0.15, -0.1) is 0 Å². The van der Waals surface area contributed by atoms with Gasteiger partial charge in [-0.2, -0.15) is 5.10 Å². The van der Waals surface area contributed by atoms with Crippen molar-refractivity contribution in [1.82, 2.24) is 15.1 Å². The van der Waals surface area contributed by atoms with Crippen molar-refractivity contribution in [3.05, 3.63) is 30.1 Å². The van der Waals surface area contributed by atoms with Gasteiger partial charge in [0.2, 0.25) is 0 Å². The number of amides is 1.